The number of aryl methyl sites for hydroxylation is 2. The molecule has 1 aliphatic rings. The number of hydrogen-bond acceptors (Lipinski definition) is 5. The number of halogens is 3. The molecule has 0 amide bonds. The van der Waals surface area contributed by atoms with Gasteiger partial charge in [-0.1, -0.05) is 18.1 Å². The van der Waals surface area contributed by atoms with E-state index in [4.69, 9.17) is 4.52 Å². The molecule has 3 rings (SSSR count). The Morgan fingerprint density at radius 1 is 1.26 bits per heavy atom. The van der Waals surface area contributed by atoms with Gasteiger partial charge in [0.05, 0.1) is 0 Å². The summed E-state index contributed by atoms with van der Waals surface area (Å²) in [6.07, 6.45) is 2.35. The van der Waals surface area contributed by atoms with Gasteiger partial charge >= 0.3 is 0 Å². The quantitative estimate of drug-likeness (QED) is 0.247. The maximum absolute atomic E-state index is 14.3. The summed E-state index contributed by atoms with van der Waals surface area (Å²) < 4.78 is 32.7. The predicted octanol–water partition coefficient (Wildman–Crippen LogP) is 3.55. The second-order valence-corrected chi connectivity index (χ2v) is 7.43. The molecule has 0 spiro atoms. The van der Waals surface area contributed by atoms with Gasteiger partial charge in [0.15, 0.2) is 11.8 Å². The molecular weight excluding hydrogens is 517 g/mol. The summed E-state index contributed by atoms with van der Waals surface area (Å²) in [5.74, 6) is 1.14. The van der Waals surface area contributed by atoms with Crippen molar-refractivity contribution in [2.75, 3.05) is 39.8 Å². The Morgan fingerprint density at radius 3 is 2.58 bits per heavy atom. The number of hydrogen-bond donors (Lipinski definition) is 1. The second kappa shape index (κ2) is 12.3. The molecule has 1 atom stereocenters. The van der Waals surface area contributed by atoms with E-state index in [1.807, 2.05) is 6.92 Å². The zero-order valence-corrected chi connectivity index (χ0v) is 20.6. The van der Waals surface area contributed by atoms with Gasteiger partial charge in [0.2, 0.25) is 5.89 Å². The second-order valence-electron chi connectivity index (χ2n) is 7.43. The summed E-state index contributed by atoms with van der Waals surface area (Å²) >= 11 is 0. The molecule has 1 aromatic heterocycles. The van der Waals surface area contributed by atoms with Gasteiger partial charge in [-0.05, 0) is 25.8 Å². The fourth-order valence-corrected chi connectivity index (χ4v) is 3.91. The molecule has 7 nitrogen and oxygen atoms in total. The molecule has 0 aliphatic carbocycles. The van der Waals surface area contributed by atoms with Crippen molar-refractivity contribution in [2.24, 2.45) is 4.99 Å². The predicted molar refractivity (Wildman–Crippen MR) is 127 cm³/mol. The largest absolute Gasteiger partial charge is 0.356 e. The van der Waals surface area contributed by atoms with Crippen LogP contribution in [0.5, 0.6) is 0 Å². The molecular formula is C21H31F2IN6O. The summed E-state index contributed by atoms with van der Waals surface area (Å²) in [6.45, 7) is 7.76. The third-order valence-corrected chi connectivity index (χ3v) is 5.39. The minimum atomic E-state index is -0.542. The molecule has 0 bridgehead atoms. The number of nitrogens with zero attached hydrogens (tertiary/aromatic N) is 5. The molecule has 172 valence electrons. The van der Waals surface area contributed by atoms with Gasteiger partial charge in [-0.3, -0.25) is 9.89 Å². The van der Waals surface area contributed by atoms with Crippen LogP contribution in [0.3, 0.4) is 0 Å². The Balaban J connectivity index is 0.00000341. The Hall–Kier alpha value is -1.82. The average Bonchev–Trinajstić information content (AvgIpc) is 3.16. The van der Waals surface area contributed by atoms with E-state index in [-0.39, 0.29) is 30.0 Å². The maximum atomic E-state index is 14.3. The first kappa shape index (κ1) is 25.4. The molecule has 1 aliphatic heterocycles. The number of piperazine rings is 1. The lowest BCUT2D eigenvalue weighted by Crippen LogP contribution is -2.53. The van der Waals surface area contributed by atoms with Crippen LogP contribution in [-0.4, -0.2) is 65.7 Å². The van der Waals surface area contributed by atoms with Crippen molar-refractivity contribution in [1.29, 1.82) is 0 Å². The molecule has 0 radical (unpaired) electrons. The van der Waals surface area contributed by atoms with Gasteiger partial charge in [0.25, 0.3) is 0 Å². The zero-order valence-electron chi connectivity index (χ0n) is 18.3. The van der Waals surface area contributed by atoms with Gasteiger partial charge in [-0.2, -0.15) is 4.98 Å². The van der Waals surface area contributed by atoms with Crippen molar-refractivity contribution in [3.05, 3.63) is 47.1 Å². The van der Waals surface area contributed by atoms with E-state index in [0.717, 1.165) is 64.0 Å². The van der Waals surface area contributed by atoms with E-state index >= 15 is 0 Å². The lowest BCUT2D eigenvalue weighted by Gasteiger charge is -2.40. The van der Waals surface area contributed by atoms with Crippen molar-refractivity contribution < 1.29 is 13.3 Å². The first-order valence-corrected chi connectivity index (χ1v) is 10.5. The van der Waals surface area contributed by atoms with Crippen molar-refractivity contribution in [1.82, 2.24) is 25.3 Å². The number of guanidine groups is 1. The smallest absolute Gasteiger partial charge is 0.226 e. The zero-order chi connectivity index (χ0) is 21.5. The van der Waals surface area contributed by atoms with Gasteiger partial charge in [0.1, 0.15) is 11.6 Å². The normalized spacial score (nSPS) is 16.2. The standard InChI is InChI=1S/C21H30F2N6O.HI/c1-4-19(17-8-7-16(22)14-18(17)23)28-10-12-29(13-11-28)21(24-3)25-9-5-6-20-26-15(2)27-30-20;/h7-8,14,19H,4-6,9-13H2,1-3H3,(H,24,25);1H. The van der Waals surface area contributed by atoms with Crippen LogP contribution in [0, 0.1) is 18.6 Å². The number of aliphatic imine (C=N–C) groups is 1. The molecule has 1 unspecified atom stereocenters. The van der Waals surface area contributed by atoms with E-state index in [0.29, 0.717) is 17.3 Å². The number of rotatable bonds is 7. The number of aromatic nitrogens is 2. The Labute approximate surface area is 199 Å². The minimum Gasteiger partial charge on any atom is -0.356 e. The van der Waals surface area contributed by atoms with Crippen LogP contribution in [0.25, 0.3) is 0 Å². The Kier molecular flexibility index (Phi) is 10.1. The molecule has 1 N–H and O–H groups in total. The van der Waals surface area contributed by atoms with E-state index in [2.05, 4.69) is 30.2 Å². The summed E-state index contributed by atoms with van der Waals surface area (Å²) in [5.41, 5.74) is 0.561. The molecule has 1 aromatic carbocycles. The van der Waals surface area contributed by atoms with Crippen LogP contribution in [-0.2, 0) is 6.42 Å². The fraction of sp³-hybridized carbons (Fsp3) is 0.571. The van der Waals surface area contributed by atoms with Crippen LogP contribution < -0.4 is 5.32 Å². The highest BCUT2D eigenvalue weighted by Gasteiger charge is 2.27. The SMILES string of the molecule is CCC(c1ccc(F)cc1F)N1CCN(C(=NC)NCCCc2nc(C)no2)CC1.I. The van der Waals surface area contributed by atoms with Gasteiger partial charge in [0, 0.05) is 63.9 Å². The van der Waals surface area contributed by atoms with Crippen LogP contribution in [0.1, 0.15) is 43.1 Å². The summed E-state index contributed by atoms with van der Waals surface area (Å²) in [6, 6.07) is 3.81. The van der Waals surface area contributed by atoms with Gasteiger partial charge in [-0.25, -0.2) is 8.78 Å². The van der Waals surface area contributed by atoms with Gasteiger partial charge < -0.3 is 14.7 Å². The number of nitrogens with one attached hydrogen (secondary N) is 1. The molecule has 2 heterocycles. The van der Waals surface area contributed by atoms with Crippen LogP contribution in [0.15, 0.2) is 27.7 Å². The highest BCUT2D eigenvalue weighted by Crippen LogP contribution is 2.28. The lowest BCUT2D eigenvalue weighted by atomic mass is 10.0. The first-order chi connectivity index (χ1) is 14.5. The van der Waals surface area contributed by atoms with Crippen LogP contribution >= 0.6 is 24.0 Å². The molecule has 2 aromatic rings. The van der Waals surface area contributed by atoms with Crippen molar-refractivity contribution in [3.8, 4) is 0 Å². The number of benzene rings is 1. The maximum Gasteiger partial charge on any atom is 0.226 e. The van der Waals surface area contributed by atoms with E-state index in [9.17, 15) is 8.78 Å². The first-order valence-electron chi connectivity index (χ1n) is 10.5. The van der Waals surface area contributed by atoms with Crippen molar-refractivity contribution in [2.45, 2.75) is 39.2 Å². The topological polar surface area (TPSA) is 69.8 Å². The van der Waals surface area contributed by atoms with Crippen LogP contribution in [0.4, 0.5) is 8.78 Å². The summed E-state index contributed by atoms with van der Waals surface area (Å²) in [4.78, 5) is 13.1. The monoisotopic (exact) mass is 548 g/mol. The van der Waals surface area contributed by atoms with E-state index in [1.165, 1.54) is 6.07 Å². The van der Waals surface area contributed by atoms with Crippen molar-refractivity contribution in [3.63, 3.8) is 0 Å². The minimum absolute atomic E-state index is 0. The third kappa shape index (κ3) is 6.83. The molecule has 1 saturated heterocycles. The summed E-state index contributed by atoms with van der Waals surface area (Å²) in [5, 5.41) is 7.18. The average molecular weight is 548 g/mol. The molecule has 0 saturated carbocycles. The lowest BCUT2D eigenvalue weighted by molar-refractivity contribution is 0.124. The third-order valence-electron chi connectivity index (χ3n) is 5.39. The Morgan fingerprint density at radius 2 is 2.00 bits per heavy atom. The van der Waals surface area contributed by atoms with Crippen molar-refractivity contribution >= 4 is 29.9 Å². The van der Waals surface area contributed by atoms with Gasteiger partial charge in [-0.15, -0.1) is 24.0 Å². The van der Waals surface area contributed by atoms with E-state index in [1.54, 1.807) is 20.0 Å². The molecule has 10 heteroatoms. The highest BCUT2D eigenvalue weighted by atomic mass is 127. The Bertz CT molecular complexity index is 854. The van der Waals surface area contributed by atoms with Crippen LogP contribution in [0.2, 0.25) is 0 Å². The molecule has 31 heavy (non-hydrogen) atoms. The highest BCUT2D eigenvalue weighted by molar-refractivity contribution is 14.0. The fourth-order valence-electron chi connectivity index (χ4n) is 3.91. The summed E-state index contributed by atoms with van der Waals surface area (Å²) in [7, 11) is 1.78. The molecule has 1 fully saturated rings. The van der Waals surface area contributed by atoms with E-state index < -0.39 is 11.6 Å².